The monoisotopic (exact) mass is 360 g/mol. The molecule has 1 N–H and O–H groups in total. The van der Waals surface area contributed by atoms with Crippen molar-refractivity contribution in [2.24, 2.45) is 0 Å². The maximum Gasteiger partial charge on any atom is 0.133 e. The lowest BCUT2D eigenvalue weighted by molar-refractivity contribution is 0.276. The number of aliphatic hydroxyl groups is 1. The van der Waals surface area contributed by atoms with E-state index in [2.05, 4.69) is 22.6 Å². The molecule has 0 amide bonds. The van der Waals surface area contributed by atoms with Crippen LogP contribution in [0.15, 0.2) is 42.5 Å². The SMILES string of the molecule is OCc1cc(Cl)ccc1Oc1cccc(I)c1. The summed E-state index contributed by atoms with van der Waals surface area (Å²) in [6.07, 6.45) is 0. The van der Waals surface area contributed by atoms with Crippen LogP contribution in [0.4, 0.5) is 0 Å². The van der Waals surface area contributed by atoms with Gasteiger partial charge in [0.25, 0.3) is 0 Å². The summed E-state index contributed by atoms with van der Waals surface area (Å²) in [6.45, 7) is -0.0974. The van der Waals surface area contributed by atoms with Gasteiger partial charge in [-0.15, -0.1) is 0 Å². The number of ether oxygens (including phenoxy) is 1. The molecule has 0 atom stereocenters. The average molecular weight is 361 g/mol. The highest BCUT2D eigenvalue weighted by Gasteiger charge is 2.05. The molecule has 2 aromatic rings. The molecule has 0 saturated carbocycles. The molecule has 0 aliphatic heterocycles. The van der Waals surface area contributed by atoms with Gasteiger partial charge in [0.05, 0.1) is 6.61 Å². The van der Waals surface area contributed by atoms with Gasteiger partial charge in [-0.05, 0) is 59.0 Å². The van der Waals surface area contributed by atoms with Crippen molar-refractivity contribution in [1.29, 1.82) is 0 Å². The molecule has 0 aliphatic rings. The van der Waals surface area contributed by atoms with E-state index in [1.165, 1.54) is 0 Å². The van der Waals surface area contributed by atoms with E-state index in [1.807, 2.05) is 24.3 Å². The maximum atomic E-state index is 9.24. The van der Waals surface area contributed by atoms with Crippen LogP contribution in [0.2, 0.25) is 5.02 Å². The third kappa shape index (κ3) is 3.34. The van der Waals surface area contributed by atoms with Gasteiger partial charge in [0, 0.05) is 14.2 Å². The van der Waals surface area contributed by atoms with Gasteiger partial charge >= 0.3 is 0 Å². The van der Waals surface area contributed by atoms with Crippen LogP contribution in [-0.4, -0.2) is 5.11 Å². The summed E-state index contributed by atoms with van der Waals surface area (Å²) >= 11 is 8.08. The van der Waals surface area contributed by atoms with Crippen molar-refractivity contribution in [2.45, 2.75) is 6.61 Å². The van der Waals surface area contributed by atoms with E-state index < -0.39 is 0 Å². The standard InChI is InChI=1S/C13H10ClIO2/c14-10-4-5-13(9(6-10)8-16)17-12-3-1-2-11(15)7-12/h1-7,16H,8H2. The highest BCUT2D eigenvalue weighted by Crippen LogP contribution is 2.28. The minimum Gasteiger partial charge on any atom is -0.457 e. The Morgan fingerprint density at radius 2 is 2.00 bits per heavy atom. The third-order valence-corrected chi connectivity index (χ3v) is 3.12. The normalized spacial score (nSPS) is 10.3. The summed E-state index contributed by atoms with van der Waals surface area (Å²) in [7, 11) is 0. The van der Waals surface area contributed by atoms with Gasteiger partial charge in [0.2, 0.25) is 0 Å². The van der Waals surface area contributed by atoms with Gasteiger partial charge in [-0.3, -0.25) is 0 Å². The summed E-state index contributed by atoms with van der Waals surface area (Å²) < 4.78 is 6.81. The second-order valence-corrected chi connectivity index (χ2v) is 5.15. The zero-order chi connectivity index (χ0) is 12.3. The average Bonchev–Trinajstić information content (AvgIpc) is 2.31. The van der Waals surface area contributed by atoms with Gasteiger partial charge < -0.3 is 9.84 Å². The first-order valence-electron chi connectivity index (χ1n) is 5.02. The second kappa shape index (κ2) is 5.71. The number of aliphatic hydroxyl groups excluding tert-OH is 1. The molecule has 2 rings (SSSR count). The zero-order valence-corrected chi connectivity index (χ0v) is 11.8. The van der Waals surface area contributed by atoms with Crippen LogP contribution in [0.25, 0.3) is 0 Å². The molecule has 0 fully saturated rings. The molecule has 0 saturated heterocycles. The molecule has 17 heavy (non-hydrogen) atoms. The molecule has 2 nitrogen and oxygen atoms in total. The molecule has 4 heteroatoms. The van der Waals surface area contributed by atoms with Crippen LogP contribution in [0.5, 0.6) is 11.5 Å². The second-order valence-electron chi connectivity index (χ2n) is 3.47. The molecule has 2 aromatic carbocycles. The molecular weight excluding hydrogens is 350 g/mol. The smallest absolute Gasteiger partial charge is 0.133 e. The number of hydrogen-bond acceptors (Lipinski definition) is 2. The van der Waals surface area contributed by atoms with E-state index in [9.17, 15) is 5.11 Å². The number of hydrogen-bond donors (Lipinski definition) is 1. The van der Waals surface area contributed by atoms with Crippen molar-refractivity contribution in [3.63, 3.8) is 0 Å². The Kier molecular flexibility index (Phi) is 4.25. The van der Waals surface area contributed by atoms with E-state index in [0.717, 1.165) is 9.32 Å². The Bertz CT molecular complexity index is 529. The van der Waals surface area contributed by atoms with Crippen molar-refractivity contribution in [3.05, 3.63) is 56.6 Å². The predicted octanol–water partition coefficient (Wildman–Crippen LogP) is 4.23. The molecule has 0 bridgehead atoms. The van der Waals surface area contributed by atoms with Crippen molar-refractivity contribution in [2.75, 3.05) is 0 Å². The lowest BCUT2D eigenvalue weighted by atomic mass is 10.2. The summed E-state index contributed by atoms with van der Waals surface area (Å²) in [5.41, 5.74) is 0.677. The topological polar surface area (TPSA) is 29.5 Å². The van der Waals surface area contributed by atoms with E-state index in [1.54, 1.807) is 18.2 Å². The first kappa shape index (κ1) is 12.7. The van der Waals surface area contributed by atoms with Crippen molar-refractivity contribution in [1.82, 2.24) is 0 Å². The highest BCUT2D eigenvalue weighted by atomic mass is 127. The Labute approximate surface area is 118 Å². The maximum absolute atomic E-state index is 9.24. The lowest BCUT2D eigenvalue weighted by Gasteiger charge is -2.10. The molecule has 0 unspecified atom stereocenters. The lowest BCUT2D eigenvalue weighted by Crippen LogP contribution is -1.91. The Balaban J connectivity index is 2.29. The molecule has 0 spiro atoms. The highest BCUT2D eigenvalue weighted by molar-refractivity contribution is 14.1. The van der Waals surface area contributed by atoms with Crippen LogP contribution < -0.4 is 4.74 Å². The zero-order valence-electron chi connectivity index (χ0n) is 8.86. The summed E-state index contributed by atoms with van der Waals surface area (Å²) in [6, 6.07) is 12.9. The van der Waals surface area contributed by atoms with E-state index in [4.69, 9.17) is 16.3 Å². The number of halogens is 2. The molecule has 0 aromatic heterocycles. The third-order valence-electron chi connectivity index (χ3n) is 2.22. The van der Waals surface area contributed by atoms with Gasteiger partial charge in [-0.1, -0.05) is 17.7 Å². The van der Waals surface area contributed by atoms with Crippen LogP contribution in [-0.2, 0) is 6.61 Å². The number of rotatable bonds is 3. The fourth-order valence-electron chi connectivity index (χ4n) is 1.43. The first-order chi connectivity index (χ1) is 8.19. The van der Waals surface area contributed by atoms with Crippen LogP contribution >= 0.6 is 34.2 Å². The molecule has 0 radical (unpaired) electrons. The van der Waals surface area contributed by atoms with Crippen LogP contribution in [0.3, 0.4) is 0 Å². The summed E-state index contributed by atoms with van der Waals surface area (Å²) in [4.78, 5) is 0. The Hall–Kier alpha value is -0.780. The van der Waals surface area contributed by atoms with E-state index >= 15 is 0 Å². The quantitative estimate of drug-likeness (QED) is 0.830. The summed E-state index contributed by atoms with van der Waals surface area (Å²) in [5.74, 6) is 1.37. The predicted molar refractivity (Wildman–Crippen MR) is 76.6 cm³/mol. The first-order valence-corrected chi connectivity index (χ1v) is 6.47. The fourth-order valence-corrected chi connectivity index (χ4v) is 2.14. The van der Waals surface area contributed by atoms with Crippen molar-refractivity contribution in [3.8, 4) is 11.5 Å². The van der Waals surface area contributed by atoms with Crippen LogP contribution in [0.1, 0.15) is 5.56 Å². The molecule has 0 aliphatic carbocycles. The Morgan fingerprint density at radius 1 is 1.18 bits per heavy atom. The summed E-state index contributed by atoms with van der Waals surface area (Å²) in [5, 5.41) is 9.82. The van der Waals surface area contributed by atoms with Crippen molar-refractivity contribution < 1.29 is 9.84 Å². The van der Waals surface area contributed by atoms with Crippen LogP contribution in [0, 0.1) is 3.57 Å². The molecule has 0 heterocycles. The molecule has 88 valence electrons. The van der Waals surface area contributed by atoms with E-state index in [0.29, 0.717) is 16.3 Å². The fraction of sp³-hybridized carbons (Fsp3) is 0.0769. The van der Waals surface area contributed by atoms with Gasteiger partial charge in [-0.25, -0.2) is 0 Å². The van der Waals surface area contributed by atoms with Gasteiger partial charge in [0.15, 0.2) is 0 Å². The molecular formula is C13H10ClIO2. The minimum absolute atomic E-state index is 0.0974. The number of benzene rings is 2. The van der Waals surface area contributed by atoms with Crippen molar-refractivity contribution >= 4 is 34.2 Å². The van der Waals surface area contributed by atoms with E-state index in [-0.39, 0.29) is 6.61 Å². The minimum atomic E-state index is -0.0974. The van der Waals surface area contributed by atoms with Gasteiger partial charge in [-0.2, -0.15) is 0 Å². The largest absolute Gasteiger partial charge is 0.457 e. The Morgan fingerprint density at radius 3 is 2.71 bits per heavy atom. The van der Waals surface area contributed by atoms with Gasteiger partial charge in [0.1, 0.15) is 11.5 Å².